The van der Waals surface area contributed by atoms with Gasteiger partial charge in [-0.3, -0.25) is 14.7 Å². The third-order valence-corrected chi connectivity index (χ3v) is 6.75. The van der Waals surface area contributed by atoms with Gasteiger partial charge in [0.15, 0.2) is 11.5 Å². The van der Waals surface area contributed by atoms with Crippen LogP contribution in [0.15, 0.2) is 66.7 Å². The third kappa shape index (κ3) is 4.57. The van der Waals surface area contributed by atoms with Crippen LogP contribution in [0.5, 0.6) is 11.5 Å². The molecule has 7 heteroatoms. The quantitative estimate of drug-likeness (QED) is 0.413. The van der Waals surface area contributed by atoms with Crippen LogP contribution in [0.2, 0.25) is 0 Å². The van der Waals surface area contributed by atoms with E-state index in [4.69, 9.17) is 9.47 Å². The molecule has 6 rings (SSSR count). The first kappa shape index (κ1) is 22.4. The number of ether oxygens (including phenoxy) is 2. The second-order valence-corrected chi connectivity index (χ2v) is 9.29. The summed E-state index contributed by atoms with van der Waals surface area (Å²) in [6.45, 7) is 5.47. The lowest BCUT2D eigenvalue weighted by Crippen LogP contribution is -2.37. The number of nitrogens with one attached hydrogen (secondary N) is 2. The van der Waals surface area contributed by atoms with Crippen LogP contribution >= 0.6 is 0 Å². The van der Waals surface area contributed by atoms with E-state index < -0.39 is 0 Å². The van der Waals surface area contributed by atoms with Crippen LogP contribution in [0.1, 0.15) is 27.2 Å². The Labute approximate surface area is 210 Å². The van der Waals surface area contributed by atoms with E-state index in [0.29, 0.717) is 18.9 Å². The molecule has 0 saturated carbocycles. The van der Waals surface area contributed by atoms with Gasteiger partial charge >= 0.3 is 0 Å². The molecular formula is C29H28N4O3. The van der Waals surface area contributed by atoms with Crippen molar-refractivity contribution in [3.8, 4) is 11.5 Å². The molecule has 2 aliphatic heterocycles. The number of hydrogen-bond donors (Lipinski definition) is 2. The SMILES string of the molecule is Cc1cc(Nc2cccc(C(=O)NCCN3CCc4cc5c(cc4C3)OCO5)c2)c2ccccc2n1. The van der Waals surface area contributed by atoms with Gasteiger partial charge in [0.25, 0.3) is 5.91 Å². The summed E-state index contributed by atoms with van der Waals surface area (Å²) in [5.41, 5.74) is 6.95. The first-order valence-corrected chi connectivity index (χ1v) is 12.3. The second-order valence-electron chi connectivity index (χ2n) is 9.29. The lowest BCUT2D eigenvalue weighted by molar-refractivity contribution is 0.0947. The molecule has 0 saturated heterocycles. The molecule has 0 fully saturated rings. The molecule has 1 amide bonds. The summed E-state index contributed by atoms with van der Waals surface area (Å²) in [7, 11) is 0. The molecule has 0 radical (unpaired) electrons. The van der Waals surface area contributed by atoms with Crippen LogP contribution in [0, 0.1) is 6.92 Å². The molecule has 4 aromatic rings. The van der Waals surface area contributed by atoms with E-state index in [0.717, 1.165) is 65.5 Å². The molecule has 0 atom stereocenters. The van der Waals surface area contributed by atoms with Crippen molar-refractivity contribution in [2.24, 2.45) is 0 Å². The van der Waals surface area contributed by atoms with Crippen molar-refractivity contribution < 1.29 is 14.3 Å². The number of pyridine rings is 1. The number of benzene rings is 3. The maximum Gasteiger partial charge on any atom is 0.251 e. The summed E-state index contributed by atoms with van der Waals surface area (Å²) in [5, 5.41) is 7.60. The Kier molecular flexibility index (Phi) is 5.91. The molecule has 7 nitrogen and oxygen atoms in total. The van der Waals surface area contributed by atoms with Gasteiger partial charge in [0.2, 0.25) is 6.79 Å². The average molecular weight is 481 g/mol. The largest absolute Gasteiger partial charge is 0.454 e. The number of anilines is 2. The third-order valence-electron chi connectivity index (χ3n) is 6.75. The second kappa shape index (κ2) is 9.51. The van der Waals surface area contributed by atoms with Crippen molar-refractivity contribution >= 4 is 28.2 Å². The zero-order chi connectivity index (χ0) is 24.5. The number of rotatable bonds is 6. The highest BCUT2D eigenvalue weighted by Gasteiger charge is 2.22. The number of aromatic nitrogens is 1. The van der Waals surface area contributed by atoms with Crippen molar-refractivity contribution in [1.29, 1.82) is 0 Å². The fraction of sp³-hybridized carbons (Fsp3) is 0.241. The van der Waals surface area contributed by atoms with Gasteiger partial charge in [-0.2, -0.15) is 0 Å². The fourth-order valence-corrected chi connectivity index (χ4v) is 4.93. The molecule has 1 aromatic heterocycles. The topological polar surface area (TPSA) is 75.7 Å². The average Bonchev–Trinajstić information content (AvgIpc) is 3.34. The van der Waals surface area contributed by atoms with E-state index in [1.54, 1.807) is 0 Å². The van der Waals surface area contributed by atoms with E-state index in [2.05, 4.69) is 32.7 Å². The summed E-state index contributed by atoms with van der Waals surface area (Å²) < 4.78 is 11.0. The molecular weight excluding hydrogens is 452 g/mol. The maximum absolute atomic E-state index is 12.9. The lowest BCUT2D eigenvalue weighted by Gasteiger charge is -2.29. The molecule has 182 valence electrons. The normalized spacial score (nSPS) is 14.5. The van der Waals surface area contributed by atoms with Crippen molar-refractivity contribution in [3.63, 3.8) is 0 Å². The van der Waals surface area contributed by atoms with Crippen LogP contribution in [0.4, 0.5) is 11.4 Å². The molecule has 36 heavy (non-hydrogen) atoms. The first-order chi connectivity index (χ1) is 17.6. The maximum atomic E-state index is 12.9. The molecule has 0 aliphatic carbocycles. The van der Waals surface area contributed by atoms with E-state index in [1.807, 2.05) is 61.5 Å². The van der Waals surface area contributed by atoms with E-state index in [9.17, 15) is 4.79 Å². The van der Waals surface area contributed by atoms with Gasteiger partial charge in [0.1, 0.15) is 0 Å². The van der Waals surface area contributed by atoms with Crippen molar-refractivity contribution in [1.82, 2.24) is 15.2 Å². The zero-order valence-electron chi connectivity index (χ0n) is 20.2. The molecule has 2 N–H and O–H groups in total. The lowest BCUT2D eigenvalue weighted by atomic mass is 9.99. The Morgan fingerprint density at radius 3 is 2.72 bits per heavy atom. The predicted molar refractivity (Wildman–Crippen MR) is 140 cm³/mol. The van der Waals surface area contributed by atoms with Crippen molar-refractivity contribution in [2.45, 2.75) is 19.9 Å². The fourth-order valence-electron chi connectivity index (χ4n) is 4.93. The number of carbonyl (C=O) groups is 1. The Bertz CT molecular complexity index is 1450. The van der Waals surface area contributed by atoms with Crippen molar-refractivity contribution in [2.75, 3.05) is 31.7 Å². The van der Waals surface area contributed by atoms with Crippen LogP contribution in [-0.2, 0) is 13.0 Å². The number of carbonyl (C=O) groups excluding carboxylic acids is 1. The standard InChI is InChI=1S/C29H28N4O3/c1-19-13-26(24-7-2-3-8-25(24)31-19)32-23-6-4-5-21(14-23)29(34)30-10-12-33-11-9-20-15-27-28(36-18-35-27)16-22(20)17-33/h2-8,13-16H,9-12,17-18H2,1H3,(H,30,34)(H,31,32). The highest BCUT2D eigenvalue weighted by atomic mass is 16.7. The van der Waals surface area contributed by atoms with Gasteiger partial charge in [-0.05, 0) is 66.9 Å². The first-order valence-electron chi connectivity index (χ1n) is 12.3. The highest BCUT2D eigenvalue weighted by Crippen LogP contribution is 2.36. The number of hydrogen-bond acceptors (Lipinski definition) is 6. The van der Waals surface area contributed by atoms with Gasteiger partial charge in [0.05, 0.1) is 5.52 Å². The minimum absolute atomic E-state index is 0.0739. The van der Waals surface area contributed by atoms with Gasteiger partial charge in [-0.25, -0.2) is 0 Å². The smallest absolute Gasteiger partial charge is 0.251 e. The molecule has 0 unspecified atom stereocenters. The summed E-state index contributed by atoms with van der Waals surface area (Å²) in [6.07, 6.45) is 0.969. The predicted octanol–water partition coefficient (Wildman–Crippen LogP) is 4.80. The molecule has 2 aliphatic rings. The van der Waals surface area contributed by atoms with Gasteiger partial charge in [0, 0.05) is 54.2 Å². The van der Waals surface area contributed by atoms with Gasteiger partial charge < -0.3 is 20.1 Å². The summed E-state index contributed by atoms with van der Waals surface area (Å²) in [6, 6.07) is 21.9. The van der Waals surface area contributed by atoms with Crippen LogP contribution in [-0.4, -0.2) is 42.2 Å². The summed E-state index contributed by atoms with van der Waals surface area (Å²) >= 11 is 0. The van der Waals surface area contributed by atoms with E-state index >= 15 is 0 Å². The van der Waals surface area contributed by atoms with Crippen LogP contribution < -0.4 is 20.1 Å². The summed E-state index contributed by atoms with van der Waals surface area (Å²) in [4.78, 5) is 19.9. The minimum atomic E-state index is -0.0739. The number of aryl methyl sites for hydroxylation is 1. The van der Waals surface area contributed by atoms with E-state index in [1.165, 1.54) is 11.1 Å². The number of nitrogens with zero attached hydrogens (tertiary/aromatic N) is 2. The summed E-state index contributed by atoms with van der Waals surface area (Å²) in [5.74, 6) is 1.60. The van der Waals surface area contributed by atoms with Crippen LogP contribution in [0.25, 0.3) is 10.9 Å². The molecule has 3 heterocycles. The Morgan fingerprint density at radius 2 is 1.83 bits per heavy atom. The minimum Gasteiger partial charge on any atom is -0.454 e. The number of amides is 1. The Morgan fingerprint density at radius 1 is 1.00 bits per heavy atom. The van der Waals surface area contributed by atoms with E-state index in [-0.39, 0.29) is 5.91 Å². The molecule has 0 bridgehead atoms. The highest BCUT2D eigenvalue weighted by molar-refractivity contribution is 5.96. The Hall–Kier alpha value is -4.10. The molecule has 0 spiro atoms. The van der Waals surface area contributed by atoms with Crippen molar-refractivity contribution in [3.05, 3.63) is 89.1 Å². The Balaban J connectivity index is 1.07. The monoisotopic (exact) mass is 480 g/mol. The molecule has 3 aromatic carbocycles. The zero-order valence-corrected chi connectivity index (χ0v) is 20.2. The van der Waals surface area contributed by atoms with Gasteiger partial charge in [-0.1, -0.05) is 24.3 Å². The van der Waals surface area contributed by atoms with Crippen LogP contribution in [0.3, 0.4) is 0 Å². The van der Waals surface area contributed by atoms with Gasteiger partial charge in [-0.15, -0.1) is 0 Å². The number of fused-ring (bicyclic) bond motifs is 3. The number of para-hydroxylation sites is 1.